The second kappa shape index (κ2) is 6.84. The third-order valence-corrected chi connectivity index (χ3v) is 3.33. The smallest absolute Gasteiger partial charge is 0.312 e. The number of halogens is 1. The van der Waals surface area contributed by atoms with E-state index < -0.39 is 17.5 Å². The molecular weight excluding hydrogens is 259 g/mol. The van der Waals surface area contributed by atoms with Crippen LogP contribution in [0.1, 0.15) is 33.3 Å². The summed E-state index contributed by atoms with van der Waals surface area (Å²) < 4.78 is 18.2. The molecule has 0 fully saturated rings. The number of esters is 1. The Morgan fingerprint density at radius 3 is 2.60 bits per heavy atom. The van der Waals surface area contributed by atoms with Crippen molar-refractivity contribution >= 4 is 5.97 Å². The van der Waals surface area contributed by atoms with E-state index in [0.29, 0.717) is 5.56 Å². The Kier molecular flexibility index (Phi) is 5.69. The van der Waals surface area contributed by atoms with Crippen molar-refractivity contribution in [3.8, 4) is 0 Å². The highest BCUT2D eigenvalue weighted by Gasteiger charge is 2.40. The molecule has 2 atom stereocenters. The molecule has 0 spiro atoms. The lowest BCUT2D eigenvalue weighted by Gasteiger charge is -2.34. The Hall–Kier alpha value is -1.42. The molecule has 0 bridgehead atoms. The van der Waals surface area contributed by atoms with E-state index in [2.05, 4.69) is 0 Å². The molecule has 0 aromatic heterocycles. The van der Waals surface area contributed by atoms with Crippen molar-refractivity contribution in [2.75, 3.05) is 6.61 Å². The molecule has 0 heterocycles. The van der Waals surface area contributed by atoms with Gasteiger partial charge in [-0.1, -0.05) is 26.0 Å². The highest BCUT2D eigenvalue weighted by molar-refractivity contribution is 5.74. The van der Waals surface area contributed by atoms with Crippen molar-refractivity contribution in [2.24, 2.45) is 11.8 Å². The summed E-state index contributed by atoms with van der Waals surface area (Å²) in [7, 11) is 0. The number of rotatable bonds is 6. The fourth-order valence-corrected chi connectivity index (χ4v) is 2.65. The van der Waals surface area contributed by atoms with Crippen molar-refractivity contribution in [2.45, 2.75) is 39.7 Å². The van der Waals surface area contributed by atoms with Crippen LogP contribution in [0.3, 0.4) is 0 Å². The zero-order valence-electron chi connectivity index (χ0n) is 12.5. The van der Waals surface area contributed by atoms with Crippen LogP contribution in [0, 0.1) is 17.7 Å². The van der Waals surface area contributed by atoms with Crippen LogP contribution in [0.25, 0.3) is 0 Å². The largest absolute Gasteiger partial charge is 0.466 e. The minimum atomic E-state index is -1.28. The standard InChI is InChI=1S/C16H23FO3/c1-5-20-15(18)14(11(2)3)16(4,19)10-12-7-6-8-13(17)9-12/h6-9,11,14,19H,5,10H2,1-4H3. The van der Waals surface area contributed by atoms with E-state index in [4.69, 9.17) is 4.74 Å². The first kappa shape index (κ1) is 16.6. The molecule has 4 heteroatoms. The number of carbonyl (C=O) groups is 1. The second-order valence-electron chi connectivity index (χ2n) is 5.64. The molecule has 0 aliphatic carbocycles. The lowest BCUT2D eigenvalue weighted by Crippen LogP contribution is -2.45. The van der Waals surface area contributed by atoms with Crippen molar-refractivity contribution in [3.63, 3.8) is 0 Å². The molecule has 0 radical (unpaired) electrons. The highest BCUT2D eigenvalue weighted by Crippen LogP contribution is 2.30. The van der Waals surface area contributed by atoms with Crippen molar-refractivity contribution in [1.82, 2.24) is 0 Å². The number of aliphatic hydroxyl groups is 1. The molecule has 2 unspecified atom stereocenters. The van der Waals surface area contributed by atoms with Gasteiger partial charge < -0.3 is 9.84 Å². The first-order chi connectivity index (χ1) is 9.27. The van der Waals surface area contributed by atoms with Crippen LogP contribution >= 0.6 is 0 Å². The van der Waals surface area contributed by atoms with Gasteiger partial charge in [0.15, 0.2) is 0 Å². The Bertz CT molecular complexity index is 455. The van der Waals surface area contributed by atoms with E-state index in [9.17, 15) is 14.3 Å². The van der Waals surface area contributed by atoms with Gasteiger partial charge in [-0.15, -0.1) is 0 Å². The summed E-state index contributed by atoms with van der Waals surface area (Å²) in [5, 5.41) is 10.7. The van der Waals surface area contributed by atoms with Crippen LogP contribution in [0.4, 0.5) is 4.39 Å². The van der Waals surface area contributed by atoms with Gasteiger partial charge in [0.2, 0.25) is 0 Å². The van der Waals surface area contributed by atoms with Crippen LogP contribution in [0.5, 0.6) is 0 Å². The number of ether oxygens (including phenoxy) is 1. The van der Waals surface area contributed by atoms with Crippen LogP contribution < -0.4 is 0 Å². The molecule has 112 valence electrons. The monoisotopic (exact) mass is 282 g/mol. The third-order valence-electron chi connectivity index (χ3n) is 3.33. The topological polar surface area (TPSA) is 46.5 Å². The summed E-state index contributed by atoms with van der Waals surface area (Å²) in [6, 6.07) is 6.05. The van der Waals surface area contributed by atoms with Crippen LogP contribution in [-0.4, -0.2) is 23.3 Å². The SMILES string of the molecule is CCOC(=O)C(C(C)C)C(C)(O)Cc1cccc(F)c1. The number of carbonyl (C=O) groups excluding carboxylic acids is 1. The van der Waals surface area contributed by atoms with Gasteiger partial charge in [0.05, 0.1) is 18.1 Å². The van der Waals surface area contributed by atoms with Gasteiger partial charge in [-0.2, -0.15) is 0 Å². The number of benzene rings is 1. The molecule has 1 aromatic carbocycles. The van der Waals surface area contributed by atoms with E-state index in [1.54, 1.807) is 26.0 Å². The fraction of sp³-hybridized carbons (Fsp3) is 0.562. The lowest BCUT2D eigenvalue weighted by molar-refractivity contribution is -0.160. The van der Waals surface area contributed by atoms with E-state index in [1.165, 1.54) is 12.1 Å². The van der Waals surface area contributed by atoms with E-state index >= 15 is 0 Å². The van der Waals surface area contributed by atoms with Gasteiger partial charge in [-0.05, 0) is 37.5 Å². The average Bonchev–Trinajstić information content (AvgIpc) is 2.27. The average molecular weight is 282 g/mol. The summed E-state index contributed by atoms with van der Waals surface area (Å²) in [5.74, 6) is -1.48. The summed E-state index contributed by atoms with van der Waals surface area (Å²) >= 11 is 0. The van der Waals surface area contributed by atoms with Crippen molar-refractivity contribution < 1.29 is 19.0 Å². The molecule has 20 heavy (non-hydrogen) atoms. The third kappa shape index (κ3) is 4.30. The molecule has 0 amide bonds. The molecule has 0 saturated heterocycles. The molecule has 0 aliphatic heterocycles. The number of hydrogen-bond acceptors (Lipinski definition) is 3. The predicted molar refractivity (Wildman–Crippen MR) is 75.7 cm³/mol. The molecular formula is C16H23FO3. The van der Waals surface area contributed by atoms with E-state index in [1.807, 2.05) is 13.8 Å². The molecule has 1 rings (SSSR count). The quantitative estimate of drug-likeness (QED) is 0.816. The Morgan fingerprint density at radius 2 is 2.10 bits per heavy atom. The Balaban J connectivity index is 2.95. The molecule has 1 aromatic rings. The van der Waals surface area contributed by atoms with Crippen molar-refractivity contribution in [3.05, 3.63) is 35.6 Å². The highest BCUT2D eigenvalue weighted by atomic mass is 19.1. The van der Waals surface area contributed by atoms with Gasteiger partial charge in [-0.25, -0.2) is 4.39 Å². The zero-order valence-corrected chi connectivity index (χ0v) is 12.5. The summed E-state index contributed by atoms with van der Waals surface area (Å²) in [6.45, 7) is 7.33. The summed E-state index contributed by atoms with van der Waals surface area (Å²) in [5.41, 5.74) is -0.626. The van der Waals surface area contributed by atoms with Gasteiger partial charge >= 0.3 is 5.97 Å². The van der Waals surface area contributed by atoms with Gasteiger partial charge in [-0.3, -0.25) is 4.79 Å². The molecule has 0 saturated carbocycles. The zero-order chi connectivity index (χ0) is 15.3. The summed E-state index contributed by atoms with van der Waals surface area (Å²) in [4.78, 5) is 12.0. The van der Waals surface area contributed by atoms with Crippen molar-refractivity contribution in [1.29, 1.82) is 0 Å². The van der Waals surface area contributed by atoms with Crippen LogP contribution in [0.15, 0.2) is 24.3 Å². The Morgan fingerprint density at radius 1 is 1.45 bits per heavy atom. The molecule has 3 nitrogen and oxygen atoms in total. The first-order valence-corrected chi connectivity index (χ1v) is 6.91. The van der Waals surface area contributed by atoms with E-state index in [-0.39, 0.29) is 24.8 Å². The predicted octanol–water partition coefficient (Wildman–Crippen LogP) is 2.95. The van der Waals surface area contributed by atoms with Gasteiger partial charge in [0.25, 0.3) is 0 Å². The number of hydrogen-bond donors (Lipinski definition) is 1. The lowest BCUT2D eigenvalue weighted by atomic mass is 9.77. The fourth-order valence-electron chi connectivity index (χ4n) is 2.65. The maximum atomic E-state index is 13.2. The normalized spacial score (nSPS) is 15.8. The van der Waals surface area contributed by atoms with Crippen LogP contribution in [0.2, 0.25) is 0 Å². The maximum Gasteiger partial charge on any atom is 0.312 e. The minimum absolute atomic E-state index is 0.0717. The van der Waals surface area contributed by atoms with E-state index in [0.717, 1.165) is 0 Å². The summed E-state index contributed by atoms with van der Waals surface area (Å²) in [6.07, 6.45) is 0.201. The first-order valence-electron chi connectivity index (χ1n) is 6.91. The van der Waals surface area contributed by atoms with Crippen LogP contribution in [-0.2, 0) is 16.0 Å². The molecule has 0 aliphatic rings. The maximum absolute atomic E-state index is 13.2. The van der Waals surface area contributed by atoms with Gasteiger partial charge in [0, 0.05) is 6.42 Å². The van der Waals surface area contributed by atoms with Gasteiger partial charge in [0.1, 0.15) is 5.82 Å². The Labute approximate surface area is 119 Å². The minimum Gasteiger partial charge on any atom is -0.466 e. The molecule has 1 N–H and O–H groups in total. The second-order valence-corrected chi connectivity index (χ2v) is 5.64.